The first kappa shape index (κ1) is 15.8. The van der Waals surface area contributed by atoms with Gasteiger partial charge >= 0.3 is 5.97 Å². The van der Waals surface area contributed by atoms with Crippen LogP contribution in [0.2, 0.25) is 0 Å². The number of hydrogen-bond donors (Lipinski definition) is 1. The van der Waals surface area contributed by atoms with Crippen LogP contribution in [-0.2, 0) is 4.79 Å². The first-order chi connectivity index (χ1) is 10.0. The molecule has 1 N–H and O–H groups in total. The Bertz CT molecular complexity index is 546. The molecule has 1 amide bonds. The number of halogens is 1. The Morgan fingerprint density at radius 3 is 2.86 bits per heavy atom. The first-order valence-electron chi connectivity index (χ1n) is 6.86. The van der Waals surface area contributed by atoms with Gasteiger partial charge in [-0.25, -0.2) is 0 Å². The standard InChI is InChI=1S/C15H18BrNO4/c1-21-13-4-3-11(8-12(13)16)15(20)17-7-6-10(9-17)2-5-14(18)19/h3-4,8,10H,2,5-7,9H2,1H3,(H,18,19). The predicted octanol–water partition coefficient (Wildman–Crippen LogP) is 2.78. The molecule has 1 aliphatic heterocycles. The molecule has 5 nitrogen and oxygen atoms in total. The molecule has 1 aromatic carbocycles. The number of nitrogens with zero attached hydrogens (tertiary/aromatic N) is 1. The summed E-state index contributed by atoms with van der Waals surface area (Å²) in [7, 11) is 1.58. The van der Waals surface area contributed by atoms with Crippen LogP contribution >= 0.6 is 15.9 Å². The molecule has 0 bridgehead atoms. The van der Waals surface area contributed by atoms with Gasteiger partial charge in [0.1, 0.15) is 5.75 Å². The van der Waals surface area contributed by atoms with Gasteiger partial charge in [-0.3, -0.25) is 9.59 Å². The molecule has 0 saturated carbocycles. The molecule has 21 heavy (non-hydrogen) atoms. The van der Waals surface area contributed by atoms with Crippen molar-refractivity contribution in [3.63, 3.8) is 0 Å². The van der Waals surface area contributed by atoms with Crippen LogP contribution in [0.1, 0.15) is 29.6 Å². The topological polar surface area (TPSA) is 66.8 Å². The number of rotatable bonds is 5. The summed E-state index contributed by atoms with van der Waals surface area (Å²) in [5.41, 5.74) is 0.613. The van der Waals surface area contributed by atoms with Crippen molar-refractivity contribution in [1.29, 1.82) is 0 Å². The second kappa shape index (κ2) is 6.93. The lowest BCUT2D eigenvalue weighted by atomic mass is 10.0. The quantitative estimate of drug-likeness (QED) is 0.881. The minimum Gasteiger partial charge on any atom is -0.496 e. The van der Waals surface area contributed by atoms with Crippen LogP contribution in [0.5, 0.6) is 5.75 Å². The number of ether oxygens (including phenoxy) is 1. The molecule has 1 fully saturated rings. The number of benzene rings is 1. The van der Waals surface area contributed by atoms with Gasteiger partial charge in [-0.2, -0.15) is 0 Å². The number of hydrogen-bond acceptors (Lipinski definition) is 3. The molecule has 0 aromatic heterocycles. The molecule has 2 rings (SSSR count). The highest BCUT2D eigenvalue weighted by Crippen LogP contribution is 2.28. The van der Waals surface area contributed by atoms with E-state index in [2.05, 4.69) is 15.9 Å². The van der Waals surface area contributed by atoms with Crippen molar-refractivity contribution in [1.82, 2.24) is 4.90 Å². The molecule has 0 aliphatic carbocycles. The second-order valence-electron chi connectivity index (χ2n) is 5.19. The number of aliphatic carboxylic acids is 1. The zero-order chi connectivity index (χ0) is 15.4. The third kappa shape index (κ3) is 3.97. The summed E-state index contributed by atoms with van der Waals surface area (Å²) in [6, 6.07) is 5.26. The summed E-state index contributed by atoms with van der Waals surface area (Å²) in [4.78, 5) is 24.8. The molecule has 6 heteroatoms. The summed E-state index contributed by atoms with van der Waals surface area (Å²) in [6.45, 7) is 1.32. The maximum Gasteiger partial charge on any atom is 0.303 e. The van der Waals surface area contributed by atoms with Crippen LogP contribution in [0.15, 0.2) is 22.7 Å². The van der Waals surface area contributed by atoms with Gasteiger partial charge in [-0.1, -0.05) is 0 Å². The summed E-state index contributed by atoms with van der Waals surface area (Å²) in [6.07, 6.45) is 1.67. The normalized spacial score (nSPS) is 17.8. The number of carbonyl (C=O) groups is 2. The van der Waals surface area contributed by atoms with Crippen LogP contribution in [0, 0.1) is 5.92 Å². The summed E-state index contributed by atoms with van der Waals surface area (Å²) >= 11 is 3.38. The average Bonchev–Trinajstić information content (AvgIpc) is 2.93. The zero-order valence-electron chi connectivity index (χ0n) is 11.8. The molecule has 114 valence electrons. The first-order valence-corrected chi connectivity index (χ1v) is 7.65. The van der Waals surface area contributed by atoms with E-state index in [0.29, 0.717) is 30.8 Å². The Morgan fingerprint density at radius 2 is 2.24 bits per heavy atom. The van der Waals surface area contributed by atoms with Crippen molar-refractivity contribution in [3.05, 3.63) is 28.2 Å². The molecule has 1 heterocycles. The molecule has 0 radical (unpaired) electrons. The predicted molar refractivity (Wildman–Crippen MR) is 81.6 cm³/mol. The van der Waals surface area contributed by atoms with E-state index in [1.54, 1.807) is 30.2 Å². The van der Waals surface area contributed by atoms with Crippen molar-refractivity contribution in [2.24, 2.45) is 5.92 Å². The van der Waals surface area contributed by atoms with Gasteiger partial charge in [0.15, 0.2) is 0 Å². The van der Waals surface area contributed by atoms with E-state index in [0.717, 1.165) is 10.9 Å². The number of likely N-dealkylation sites (tertiary alicyclic amines) is 1. The smallest absolute Gasteiger partial charge is 0.303 e. The number of carboxylic acid groups (broad SMARTS) is 1. The van der Waals surface area contributed by atoms with Gasteiger partial charge in [-0.15, -0.1) is 0 Å². The fourth-order valence-corrected chi connectivity index (χ4v) is 3.10. The Kier molecular flexibility index (Phi) is 5.22. The highest BCUT2D eigenvalue weighted by atomic mass is 79.9. The SMILES string of the molecule is COc1ccc(C(=O)N2CCC(CCC(=O)O)C2)cc1Br. The van der Waals surface area contributed by atoms with E-state index in [1.807, 2.05) is 0 Å². The van der Waals surface area contributed by atoms with Crippen LogP contribution in [0.4, 0.5) is 0 Å². The fraction of sp³-hybridized carbons (Fsp3) is 0.467. The number of carboxylic acids is 1. The summed E-state index contributed by atoms with van der Waals surface area (Å²) in [5, 5.41) is 8.71. The molecular weight excluding hydrogens is 338 g/mol. The fourth-order valence-electron chi connectivity index (χ4n) is 2.56. The van der Waals surface area contributed by atoms with Gasteiger partial charge in [0.05, 0.1) is 11.6 Å². The van der Waals surface area contributed by atoms with Crippen molar-refractivity contribution in [2.75, 3.05) is 20.2 Å². The third-order valence-electron chi connectivity index (χ3n) is 3.74. The maximum atomic E-state index is 12.4. The number of carbonyl (C=O) groups excluding carboxylic acids is 1. The van der Waals surface area contributed by atoms with E-state index in [-0.39, 0.29) is 18.2 Å². The maximum absolute atomic E-state index is 12.4. The summed E-state index contributed by atoms with van der Waals surface area (Å²) in [5.74, 6) is 0.175. The Morgan fingerprint density at radius 1 is 1.48 bits per heavy atom. The van der Waals surface area contributed by atoms with E-state index in [9.17, 15) is 9.59 Å². The van der Waals surface area contributed by atoms with Crippen molar-refractivity contribution < 1.29 is 19.4 Å². The number of methoxy groups -OCH3 is 1. The Labute approximate surface area is 132 Å². The van der Waals surface area contributed by atoms with Gasteiger partial charge in [0, 0.05) is 25.1 Å². The van der Waals surface area contributed by atoms with Crippen LogP contribution in [-0.4, -0.2) is 42.1 Å². The van der Waals surface area contributed by atoms with E-state index in [1.165, 1.54) is 0 Å². The van der Waals surface area contributed by atoms with Gasteiger partial charge in [0.2, 0.25) is 0 Å². The van der Waals surface area contributed by atoms with Crippen LogP contribution < -0.4 is 4.74 Å². The summed E-state index contributed by atoms with van der Waals surface area (Å²) < 4.78 is 5.90. The minimum absolute atomic E-state index is 0.0174. The van der Waals surface area contributed by atoms with Gasteiger partial charge < -0.3 is 14.7 Å². The number of amides is 1. The molecule has 1 saturated heterocycles. The van der Waals surface area contributed by atoms with Crippen LogP contribution in [0.3, 0.4) is 0 Å². The monoisotopic (exact) mass is 355 g/mol. The molecule has 1 unspecified atom stereocenters. The van der Waals surface area contributed by atoms with Crippen molar-refractivity contribution in [2.45, 2.75) is 19.3 Å². The molecule has 0 spiro atoms. The largest absolute Gasteiger partial charge is 0.496 e. The van der Waals surface area contributed by atoms with E-state index < -0.39 is 5.97 Å². The van der Waals surface area contributed by atoms with E-state index >= 15 is 0 Å². The lowest BCUT2D eigenvalue weighted by Crippen LogP contribution is -2.28. The Balaban J connectivity index is 1.98. The van der Waals surface area contributed by atoms with Gasteiger partial charge in [-0.05, 0) is 52.9 Å². The Hall–Kier alpha value is -1.56. The molecule has 1 atom stereocenters. The second-order valence-corrected chi connectivity index (χ2v) is 6.04. The highest BCUT2D eigenvalue weighted by Gasteiger charge is 2.27. The lowest BCUT2D eigenvalue weighted by molar-refractivity contribution is -0.137. The van der Waals surface area contributed by atoms with Crippen molar-refractivity contribution in [3.8, 4) is 5.75 Å². The van der Waals surface area contributed by atoms with Crippen molar-refractivity contribution >= 4 is 27.8 Å². The highest BCUT2D eigenvalue weighted by molar-refractivity contribution is 9.10. The minimum atomic E-state index is -0.779. The molecule has 1 aliphatic rings. The van der Waals surface area contributed by atoms with Crippen LogP contribution in [0.25, 0.3) is 0 Å². The zero-order valence-corrected chi connectivity index (χ0v) is 13.4. The van der Waals surface area contributed by atoms with E-state index in [4.69, 9.17) is 9.84 Å². The van der Waals surface area contributed by atoms with Gasteiger partial charge in [0.25, 0.3) is 5.91 Å². The molecule has 1 aromatic rings. The third-order valence-corrected chi connectivity index (χ3v) is 4.36. The lowest BCUT2D eigenvalue weighted by Gasteiger charge is -2.17. The average molecular weight is 356 g/mol. The molecular formula is C15H18BrNO4.